The lowest BCUT2D eigenvalue weighted by atomic mass is 9.85. The lowest BCUT2D eigenvalue weighted by Gasteiger charge is -2.28. The Kier molecular flexibility index (Phi) is 4.14. The van der Waals surface area contributed by atoms with Gasteiger partial charge in [-0.1, -0.05) is 0 Å². The second kappa shape index (κ2) is 6.87. The molecule has 168 valence electrons. The molecular weight excluding hydrogens is 425 g/mol. The van der Waals surface area contributed by atoms with Crippen molar-refractivity contribution in [1.82, 2.24) is 20.4 Å². The Morgan fingerprint density at radius 1 is 1.18 bits per heavy atom. The Bertz CT molecular complexity index is 1350. The van der Waals surface area contributed by atoms with Gasteiger partial charge < -0.3 is 15.5 Å². The fourth-order valence-electron chi connectivity index (χ4n) is 4.92. The van der Waals surface area contributed by atoms with Crippen LogP contribution in [0, 0.1) is 6.92 Å². The highest BCUT2D eigenvalue weighted by atomic mass is 19.1. The van der Waals surface area contributed by atoms with Gasteiger partial charge in [-0.2, -0.15) is 5.10 Å². The van der Waals surface area contributed by atoms with E-state index in [1.54, 1.807) is 24.3 Å². The normalized spacial score (nSPS) is 22.5. The summed E-state index contributed by atoms with van der Waals surface area (Å²) in [5.41, 5.74) is 2.25. The number of fused-ring (bicyclic) bond motifs is 4. The standard InChI is InChI=1S/C24H22FN5O3/c1-12-16-9-14(3-5-19(16)29-28-12)26-21(31)13-2-4-15-17(8-13)18-10-30(11-20(18)27-22(15)32)23(33)24(25)6-7-24/h2-5,8-9,18,20H,6-7,10-11H2,1H3,(H,26,31)(H,27,32)(H,28,29). The van der Waals surface area contributed by atoms with Gasteiger partial charge in [0.1, 0.15) is 0 Å². The number of hydrogen-bond donors (Lipinski definition) is 3. The summed E-state index contributed by atoms with van der Waals surface area (Å²) in [5, 5.41) is 13.9. The Hall–Kier alpha value is -3.75. The lowest BCUT2D eigenvalue weighted by molar-refractivity contribution is -0.137. The van der Waals surface area contributed by atoms with Crippen LogP contribution in [0.2, 0.25) is 0 Å². The van der Waals surface area contributed by atoms with E-state index in [-0.39, 0.29) is 43.2 Å². The fourth-order valence-corrected chi connectivity index (χ4v) is 4.92. The predicted octanol–water partition coefficient (Wildman–Crippen LogP) is 2.66. The van der Waals surface area contributed by atoms with Crippen molar-refractivity contribution in [2.45, 2.75) is 37.4 Å². The first-order valence-corrected chi connectivity index (χ1v) is 11.0. The highest BCUT2D eigenvalue weighted by molar-refractivity contribution is 6.06. The minimum Gasteiger partial charge on any atom is -0.347 e. The van der Waals surface area contributed by atoms with Crippen molar-refractivity contribution >= 4 is 34.3 Å². The van der Waals surface area contributed by atoms with E-state index in [4.69, 9.17) is 0 Å². The summed E-state index contributed by atoms with van der Waals surface area (Å²) in [6.07, 6.45) is 0.518. The molecule has 1 aromatic heterocycles. The Balaban J connectivity index is 1.27. The predicted molar refractivity (Wildman–Crippen MR) is 119 cm³/mol. The number of rotatable bonds is 3. The average Bonchev–Trinajstić information content (AvgIpc) is 3.25. The molecule has 9 heteroatoms. The van der Waals surface area contributed by atoms with Crippen molar-refractivity contribution in [3.8, 4) is 0 Å². The monoisotopic (exact) mass is 447 g/mol. The number of alkyl halides is 1. The SMILES string of the molecule is Cc1[nH]nc2ccc(NC(=O)c3ccc4c(c3)C3CN(C(=O)C5(F)CC5)CC3NC4=O)cc12. The minimum atomic E-state index is -1.74. The van der Waals surface area contributed by atoms with E-state index in [9.17, 15) is 18.8 Å². The molecule has 3 aromatic rings. The number of halogens is 1. The molecule has 8 nitrogen and oxygen atoms in total. The number of likely N-dealkylation sites (tertiary alicyclic amines) is 1. The molecule has 2 aromatic carbocycles. The van der Waals surface area contributed by atoms with Gasteiger partial charge in [-0.25, -0.2) is 4.39 Å². The molecule has 2 aliphatic heterocycles. The number of aromatic nitrogens is 2. The van der Waals surface area contributed by atoms with Crippen LogP contribution >= 0.6 is 0 Å². The molecule has 1 saturated carbocycles. The fraction of sp³-hybridized carbons (Fsp3) is 0.333. The third-order valence-corrected chi connectivity index (χ3v) is 6.96. The number of aromatic amines is 1. The molecule has 3 heterocycles. The van der Waals surface area contributed by atoms with Crippen LogP contribution < -0.4 is 10.6 Å². The number of benzene rings is 2. The van der Waals surface area contributed by atoms with Crippen LogP contribution in [0.15, 0.2) is 36.4 Å². The van der Waals surface area contributed by atoms with Crippen LogP contribution in [0.3, 0.4) is 0 Å². The molecule has 0 spiro atoms. The summed E-state index contributed by atoms with van der Waals surface area (Å²) in [6, 6.07) is 10.2. The van der Waals surface area contributed by atoms with Gasteiger partial charge in [-0.05, 0) is 61.7 Å². The molecule has 3 aliphatic rings. The molecule has 0 radical (unpaired) electrons. The highest BCUT2D eigenvalue weighted by Gasteiger charge is 2.55. The molecule has 2 fully saturated rings. The Morgan fingerprint density at radius 2 is 2.00 bits per heavy atom. The van der Waals surface area contributed by atoms with Gasteiger partial charge in [0.15, 0.2) is 5.67 Å². The van der Waals surface area contributed by atoms with Crippen LogP contribution in [0.1, 0.15) is 50.7 Å². The topological polar surface area (TPSA) is 107 Å². The molecule has 2 atom stereocenters. The van der Waals surface area contributed by atoms with Gasteiger partial charge in [0, 0.05) is 46.9 Å². The van der Waals surface area contributed by atoms with Crippen LogP contribution in [0.4, 0.5) is 10.1 Å². The maximum Gasteiger partial charge on any atom is 0.260 e. The van der Waals surface area contributed by atoms with Gasteiger partial charge in [0.2, 0.25) is 0 Å². The summed E-state index contributed by atoms with van der Waals surface area (Å²) in [7, 11) is 0. The van der Waals surface area contributed by atoms with Gasteiger partial charge in [0.25, 0.3) is 17.7 Å². The molecule has 2 unspecified atom stereocenters. The summed E-state index contributed by atoms with van der Waals surface area (Å²) in [4.78, 5) is 39.6. The number of amides is 3. The van der Waals surface area contributed by atoms with E-state index in [2.05, 4.69) is 20.8 Å². The number of aryl methyl sites for hydroxylation is 1. The van der Waals surface area contributed by atoms with Crippen molar-refractivity contribution in [1.29, 1.82) is 0 Å². The van der Waals surface area contributed by atoms with E-state index in [0.717, 1.165) is 22.2 Å². The number of H-pyrrole nitrogens is 1. The second-order valence-corrected chi connectivity index (χ2v) is 9.20. The van der Waals surface area contributed by atoms with Gasteiger partial charge in [-0.3, -0.25) is 19.5 Å². The zero-order chi connectivity index (χ0) is 22.9. The van der Waals surface area contributed by atoms with E-state index >= 15 is 0 Å². The minimum absolute atomic E-state index is 0.179. The zero-order valence-corrected chi connectivity index (χ0v) is 17.9. The molecular formula is C24H22FN5O3. The van der Waals surface area contributed by atoms with Crippen LogP contribution in [0.5, 0.6) is 0 Å². The van der Waals surface area contributed by atoms with Crippen molar-refractivity contribution in [3.63, 3.8) is 0 Å². The quantitative estimate of drug-likeness (QED) is 0.574. The second-order valence-electron chi connectivity index (χ2n) is 9.20. The maximum absolute atomic E-state index is 14.3. The number of nitrogens with zero attached hydrogens (tertiary/aromatic N) is 2. The number of anilines is 1. The number of hydrogen-bond acceptors (Lipinski definition) is 4. The summed E-state index contributed by atoms with van der Waals surface area (Å²) in [6.45, 7) is 2.51. The van der Waals surface area contributed by atoms with Crippen molar-refractivity contribution in [2.75, 3.05) is 18.4 Å². The lowest BCUT2D eigenvalue weighted by Crippen LogP contribution is -2.45. The summed E-state index contributed by atoms with van der Waals surface area (Å²) < 4.78 is 14.3. The first-order valence-electron chi connectivity index (χ1n) is 11.0. The molecule has 3 amide bonds. The number of nitrogens with one attached hydrogen (secondary N) is 3. The first kappa shape index (κ1) is 19.9. The van der Waals surface area contributed by atoms with Crippen molar-refractivity contribution < 1.29 is 18.8 Å². The summed E-state index contributed by atoms with van der Waals surface area (Å²) >= 11 is 0. The maximum atomic E-state index is 14.3. The van der Waals surface area contributed by atoms with E-state index in [1.165, 1.54) is 4.90 Å². The molecule has 0 bridgehead atoms. The first-order chi connectivity index (χ1) is 15.8. The van der Waals surface area contributed by atoms with Crippen LogP contribution in [-0.2, 0) is 4.79 Å². The smallest absolute Gasteiger partial charge is 0.260 e. The largest absolute Gasteiger partial charge is 0.347 e. The summed E-state index contributed by atoms with van der Waals surface area (Å²) in [5.74, 6) is -1.21. The van der Waals surface area contributed by atoms with E-state index < -0.39 is 11.6 Å². The Morgan fingerprint density at radius 3 is 2.79 bits per heavy atom. The van der Waals surface area contributed by atoms with Gasteiger partial charge >= 0.3 is 0 Å². The zero-order valence-electron chi connectivity index (χ0n) is 17.9. The van der Waals surface area contributed by atoms with Gasteiger partial charge in [-0.15, -0.1) is 0 Å². The third-order valence-electron chi connectivity index (χ3n) is 6.96. The van der Waals surface area contributed by atoms with E-state index in [0.29, 0.717) is 23.4 Å². The molecule has 6 rings (SSSR count). The average molecular weight is 447 g/mol. The molecule has 3 N–H and O–H groups in total. The van der Waals surface area contributed by atoms with Crippen molar-refractivity contribution in [3.05, 3.63) is 58.8 Å². The number of carbonyl (C=O) groups is 3. The number of carbonyl (C=O) groups excluding carboxylic acids is 3. The molecule has 1 saturated heterocycles. The Labute approximate surface area is 188 Å². The van der Waals surface area contributed by atoms with Crippen LogP contribution in [-0.4, -0.2) is 57.6 Å². The van der Waals surface area contributed by atoms with Crippen molar-refractivity contribution in [2.24, 2.45) is 0 Å². The van der Waals surface area contributed by atoms with E-state index in [1.807, 2.05) is 19.1 Å². The highest BCUT2D eigenvalue weighted by Crippen LogP contribution is 2.44. The molecule has 1 aliphatic carbocycles. The van der Waals surface area contributed by atoms with Gasteiger partial charge in [0.05, 0.1) is 11.6 Å². The van der Waals surface area contributed by atoms with Crippen LogP contribution in [0.25, 0.3) is 10.9 Å². The molecule has 33 heavy (non-hydrogen) atoms. The third kappa shape index (κ3) is 3.18.